The summed E-state index contributed by atoms with van der Waals surface area (Å²) in [6.07, 6.45) is 0. The fourth-order valence-electron chi connectivity index (χ4n) is 3.91. The molecule has 0 fully saturated rings. The third kappa shape index (κ3) is 4.78. The minimum atomic E-state index is -3.91. The first kappa shape index (κ1) is 24.5. The molecule has 4 aromatic rings. The van der Waals surface area contributed by atoms with E-state index >= 15 is 0 Å². The van der Waals surface area contributed by atoms with Crippen LogP contribution in [0.3, 0.4) is 0 Å². The molecule has 178 valence electrons. The Kier molecular flexibility index (Phi) is 7.17. The molecule has 0 aliphatic carbocycles. The lowest BCUT2D eigenvalue weighted by Crippen LogP contribution is -2.19. The smallest absolute Gasteiger partial charge is 0.268 e. The number of rotatable bonds is 8. The van der Waals surface area contributed by atoms with E-state index in [1.54, 1.807) is 12.1 Å². The van der Waals surface area contributed by atoms with Gasteiger partial charge in [-0.1, -0.05) is 72.2 Å². The quantitative estimate of drug-likeness (QED) is 0.260. The Morgan fingerprint density at radius 1 is 0.971 bits per heavy atom. The number of likely N-dealkylation sites (N-methyl/N-ethyl adjacent to an activating group) is 1. The minimum Gasteiger partial charge on any atom is -0.489 e. The third-order valence-electron chi connectivity index (χ3n) is 5.76. The largest absolute Gasteiger partial charge is 0.489 e. The summed E-state index contributed by atoms with van der Waals surface area (Å²) in [7, 11) is 0.0483. The number of benzene rings is 3. The standard InChI is InChI=1S/C27H29BrN2O3S/c1-19(2)20-10-13-23(14-11-20)34(31,32)30-25-15-12-22(28)18-24(25)27(33-17-16-29(3)4)26(30)21-8-6-5-7-9-21/h5-15,18-19H,16-17H2,1-4H3. The van der Waals surface area contributed by atoms with Gasteiger partial charge in [0.25, 0.3) is 10.0 Å². The first-order valence-corrected chi connectivity index (χ1v) is 13.5. The van der Waals surface area contributed by atoms with Gasteiger partial charge in [-0.2, -0.15) is 0 Å². The molecule has 0 aliphatic heterocycles. The number of aromatic nitrogens is 1. The van der Waals surface area contributed by atoms with Crippen molar-refractivity contribution in [1.82, 2.24) is 8.87 Å². The van der Waals surface area contributed by atoms with E-state index in [2.05, 4.69) is 29.8 Å². The van der Waals surface area contributed by atoms with Gasteiger partial charge in [-0.15, -0.1) is 0 Å². The molecule has 0 N–H and O–H groups in total. The second-order valence-electron chi connectivity index (χ2n) is 8.85. The summed E-state index contributed by atoms with van der Waals surface area (Å²) < 4.78 is 36.8. The Hall–Kier alpha value is -2.61. The average Bonchev–Trinajstić information content (AvgIpc) is 3.13. The van der Waals surface area contributed by atoms with E-state index in [1.807, 2.05) is 79.7 Å². The SMILES string of the molecule is CC(C)c1ccc(S(=O)(=O)n2c(-c3ccccc3)c(OCCN(C)C)c3cc(Br)ccc32)cc1. The number of fused-ring (bicyclic) bond motifs is 1. The van der Waals surface area contributed by atoms with Crippen molar-refractivity contribution in [3.63, 3.8) is 0 Å². The van der Waals surface area contributed by atoms with Crippen molar-refractivity contribution in [3.8, 4) is 17.0 Å². The lowest BCUT2D eigenvalue weighted by molar-refractivity contribution is 0.264. The fourth-order valence-corrected chi connectivity index (χ4v) is 5.81. The molecule has 0 bridgehead atoms. The average molecular weight is 542 g/mol. The number of hydrogen-bond acceptors (Lipinski definition) is 4. The maximum atomic E-state index is 14.1. The van der Waals surface area contributed by atoms with Crippen LogP contribution in [0.25, 0.3) is 22.2 Å². The molecule has 3 aromatic carbocycles. The van der Waals surface area contributed by atoms with E-state index < -0.39 is 10.0 Å². The predicted molar refractivity (Wildman–Crippen MR) is 142 cm³/mol. The Bertz CT molecular complexity index is 1390. The molecular weight excluding hydrogens is 512 g/mol. The molecule has 5 nitrogen and oxygen atoms in total. The molecule has 0 atom stereocenters. The van der Waals surface area contributed by atoms with Gasteiger partial charge in [0.05, 0.1) is 10.4 Å². The van der Waals surface area contributed by atoms with E-state index in [4.69, 9.17) is 4.74 Å². The molecule has 0 saturated carbocycles. The van der Waals surface area contributed by atoms with Gasteiger partial charge in [0.1, 0.15) is 12.3 Å². The monoisotopic (exact) mass is 540 g/mol. The normalized spacial score (nSPS) is 12.1. The molecule has 7 heteroatoms. The number of hydrogen-bond donors (Lipinski definition) is 0. The van der Waals surface area contributed by atoms with Crippen LogP contribution in [0.1, 0.15) is 25.3 Å². The van der Waals surface area contributed by atoms with Crippen LogP contribution in [0.15, 0.2) is 82.2 Å². The number of ether oxygens (including phenoxy) is 1. The van der Waals surface area contributed by atoms with Crippen LogP contribution in [0, 0.1) is 0 Å². The predicted octanol–water partition coefficient (Wildman–Crippen LogP) is 6.37. The molecule has 0 radical (unpaired) electrons. The summed E-state index contributed by atoms with van der Waals surface area (Å²) in [6.45, 7) is 5.32. The van der Waals surface area contributed by atoms with Crippen molar-refractivity contribution in [1.29, 1.82) is 0 Å². The summed E-state index contributed by atoms with van der Waals surface area (Å²) in [5, 5.41) is 0.745. The summed E-state index contributed by atoms with van der Waals surface area (Å²) in [5.41, 5.74) is 2.98. The summed E-state index contributed by atoms with van der Waals surface area (Å²) in [6, 6.07) is 22.3. The van der Waals surface area contributed by atoms with Crippen molar-refractivity contribution in [2.75, 3.05) is 27.2 Å². The van der Waals surface area contributed by atoms with Crippen molar-refractivity contribution >= 4 is 36.9 Å². The van der Waals surface area contributed by atoms with Gasteiger partial charge in [-0.25, -0.2) is 12.4 Å². The van der Waals surface area contributed by atoms with Crippen LogP contribution in [0.5, 0.6) is 5.75 Å². The second kappa shape index (κ2) is 9.94. The van der Waals surface area contributed by atoms with Crippen LogP contribution < -0.4 is 4.74 Å². The molecule has 4 rings (SSSR count). The lowest BCUT2D eigenvalue weighted by atomic mass is 10.0. The van der Waals surface area contributed by atoms with Gasteiger partial charge >= 0.3 is 0 Å². The molecule has 34 heavy (non-hydrogen) atoms. The molecule has 1 heterocycles. The minimum absolute atomic E-state index is 0.244. The molecule has 1 aromatic heterocycles. The van der Waals surface area contributed by atoms with Gasteiger partial charge in [0.2, 0.25) is 0 Å². The fraction of sp³-hybridized carbons (Fsp3) is 0.259. The Morgan fingerprint density at radius 2 is 1.65 bits per heavy atom. The number of nitrogens with zero attached hydrogens (tertiary/aromatic N) is 2. The second-order valence-corrected chi connectivity index (χ2v) is 11.6. The molecule has 0 spiro atoms. The van der Waals surface area contributed by atoms with Crippen LogP contribution in [-0.4, -0.2) is 44.5 Å². The molecule has 0 aliphatic rings. The highest BCUT2D eigenvalue weighted by Crippen LogP contribution is 2.43. The van der Waals surface area contributed by atoms with Crippen molar-refractivity contribution in [2.24, 2.45) is 0 Å². The highest BCUT2D eigenvalue weighted by atomic mass is 79.9. The molecule has 0 saturated heterocycles. The molecule has 0 unspecified atom stereocenters. The van der Waals surface area contributed by atoms with Crippen LogP contribution >= 0.6 is 15.9 Å². The molecular formula is C27H29BrN2O3S. The zero-order chi connectivity index (χ0) is 24.5. The first-order chi connectivity index (χ1) is 16.2. The van der Waals surface area contributed by atoms with Gasteiger partial charge in [0.15, 0.2) is 5.75 Å². The van der Waals surface area contributed by atoms with E-state index in [-0.39, 0.29) is 4.90 Å². The Morgan fingerprint density at radius 3 is 2.26 bits per heavy atom. The van der Waals surface area contributed by atoms with E-state index in [9.17, 15) is 8.42 Å². The van der Waals surface area contributed by atoms with Crippen LogP contribution in [0.2, 0.25) is 0 Å². The van der Waals surface area contributed by atoms with Crippen LogP contribution in [0.4, 0.5) is 0 Å². The highest BCUT2D eigenvalue weighted by molar-refractivity contribution is 9.10. The number of halogens is 1. The van der Waals surface area contributed by atoms with Gasteiger partial charge in [-0.3, -0.25) is 0 Å². The summed E-state index contributed by atoms with van der Waals surface area (Å²) >= 11 is 3.54. The zero-order valence-electron chi connectivity index (χ0n) is 19.8. The maximum absolute atomic E-state index is 14.1. The third-order valence-corrected chi connectivity index (χ3v) is 7.98. The van der Waals surface area contributed by atoms with E-state index in [1.165, 1.54) is 3.97 Å². The van der Waals surface area contributed by atoms with Crippen LogP contribution in [-0.2, 0) is 10.0 Å². The van der Waals surface area contributed by atoms with Gasteiger partial charge in [-0.05, 0) is 55.9 Å². The first-order valence-electron chi connectivity index (χ1n) is 11.2. The summed E-state index contributed by atoms with van der Waals surface area (Å²) in [5.74, 6) is 0.879. The topological polar surface area (TPSA) is 51.5 Å². The zero-order valence-corrected chi connectivity index (χ0v) is 22.2. The lowest BCUT2D eigenvalue weighted by Gasteiger charge is -2.15. The summed E-state index contributed by atoms with van der Waals surface area (Å²) in [4.78, 5) is 2.28. The van der Waals surface area contributed by atoms with Gasteiger partial charge < -0.3 is 9.64 Å². The Labute approximate surface area is 210 Å². The van der Waals surface area contributed by atoms with E-state index in [0.717, 1.165) is 21.0 Å². The highest BCUT2D eigenvalue weighted by Gasteiger charge is 2.29. The Balaban J connectivity index is 2.00. The van der Waals surface area contributed by atoms with E-state index in [0.29, 0.717) is 36.0 Å². The van der Waals surface area contributed by atoms with Crippen molar-refractivity contribution in [2.45, 2.75) is 24.7 Å². The van der Waals surface area contributed by atoms with Crippen molar-refractivity contribution < 1.29 is 13.2 Å². The van der Waals surface area contributed by atoms with Gasteiger partial charge in [0, 0.05) is 22.0 Å². The maximum Gasteiger partial charge on any atom is 0.268 e. The van der Waals surface area contributed by atoms with Crippen molar-refractivity contribution in [3.05, 3.63) is 82.8 Å². The molecule has 0 amide bonds.